The van der Waals surface area contributed by atoms with Gasteiger partial charge in [0.05, 0.1) is 0 Å². The third-order valence-electron chi connectivity index (χ3n) is 3.04. The van der Waals surface area contributed by atoms with Crippen molar-refractivity contribution in [2.75, 3.05) is 19.7 Å². The van der Waals surface area contributed by atoms with E-state index < -0.39 is 0 Å². The highest BCUT2D eigenvalue weighted by molar-refractivity contribution is 5.80. The van der Waals surface area contributed by atoms with Crippen LogP contribution >= 0.6 is 0 Å². The highest BCUT2D eigenvalue weighted by atomic mass is 16.3. The van der Waals surface area contributed by atoms with Crippen molar-refractivity contribution in [2.24, 2.45) is 11.8 Å². The zero-order valence-corrected chi connectivity index (χ0v) is 8.49. The Morgan fingerprint density at radius 1 is 1.38 bits per heavy atom. The second-order valence-corrected chi connectivity index (χ2v) is 3.64. The van der Waals surface area contributed by atoms with E-state index in [1.165, 1.54) is 0 Å². The van der Waals surface area contributed by atoms with Gasteiger partial charge < -0.3 is 10.0 Å². The molecular weight excluding hydrogens is 166 g/mol. The van der Waals surface area contributed by atoms with Crippen LogP contribution in [0.1, 0.15) is 26.7 Å². The minimum absolute atomic E-state index is 0.102. The number of aliphatic hydroxyl groups excluding tert-OH is 1. The highest BCUT2D eigenvalue weighted by Gasteiger charge is 2.37. The number of carbonyl (C=O) groups excluding carboxylic acids is 1. The first-order chi connectivity index (χ1) is 6.24. The molecule has 0 unspecified atom stereocenters. The Bertz CT molecular complexity index is 176. The third kappa shape index (κ3) is 2.02. The number of rotatable bonds is 4. The number of carbonyl (C=O) groups is 1. The Hall–Kier alpha value is -0.570. The first kappa shape index (κ1) is 10.5. The topological polar surface area (TPSA) is 40.5 Å². The minimum atomic E-state index is 0.102. The van der Waals surface area contributed by atoms with E-state index in [0.717, 1.165) is 25.9 Å². The maximum absolute atomic E-state index is 11.8. The summed E-state index contributed by atoms with van der Waals surface area (Å²) in [5.41, 5.74) is 0. The predicted molar refractivity (Wildman–Crippen MR) is 51.2 cm³/mol. The van der Waals surface area contributed by atoms with Crippen LogP contribution in [-0.2, 0) is 4.79 Å². The molecule has 76 valence electrons. The molecule has 0 bridgehead atoms. The van der Waals surface area contributed by atoms with Crippen LogP contribution in [0.2, 0.25) is 0 Å². The van der Waals surface area contributed by atoms with Crippen molar-refractivity contribution in [1.29, 1.82) is 0 Å². The second kappa shape index (κ2) is 4.61. The lowest BCUT2D eigenvalue weighted by Crippen LogP contribution is -2.44. The molecule has 1 saturated carbocycles. The molecule has 3 nitrogen and oxygen atoms in total. The fourth-order valence-electron chi connectivity index (χ4n) is 1.88. The zero-order chi connectivity index (χ0) is 9.84. The van der Waals surface area contributed by atoms with Crippen molar-refractivity contribution in [3.63, 3.8) is 0 Å². The van der Waals surface area contributed by atoms with Gasteiger partial charge in [0.1, 0.15) is 0 Å². The van der Waals surface area contributed by atoms with Crippen LogP contribution in [0.15, 0.2) is 0 Å². The van der Waals surface area contributed by atoms with E-state index in [-0.39, 0.29) is 24.3 Å². The van der Waals surface area contributed by atoms with Gasteiger partial charge in [-0.1, -0.05) is 0 Å². The lowest BCUT2D eigenvalue weighted by Gasteiger charge is -2.37. The fraction of sp³-hybridized carbons (Fsp3) is 0.900. The van der Waals surface area contributed by atoms with Crippen molar-refractivity contribution < 1.29 is 9.90 Å². The Labute approximate surface area is 79.7 Å². The summed E-state index contributed by atoms with van der Waals surface area (Å²) in [6.45, 7) is 5.72. The van der Waals surface area contributed by atoms with E-state index in [1.807, 2.05) is 18.7 Å². The summed E-state index contributed by atoms with van der Waals surface area (Å²) in [7, 11) is 0. The molecule has 13 heavy (non-hydrogen) atoms. The van der Waals surface area contributed by atoms with Crippen LogP contribution in [-0.4, -0.2) is 35.6 Å². The van der Waals surface area contributed by atoms with Crippen molar-refractivity contribution in [3.05, 3.63) is 0 Å². The molecule has 1 aliphatic carbocycles. The molecule has 3 heteroatoms. The van der Waals surface area contributed by atoms with Crippen LogP contribution in [0.25, 0.3) is 0 Å². The van der Waals surface area contributed by atoms with Crippen LogP contribution in [0, 0.1) is 11.8 Å². The highest BCUT2D eigenvalue weighted by Crippen LogP contribution is 2.35. The minimum Gasteiger partial charge on any atom is -0.396 e. The van der Waals surface area contributed by atoms with Crippen molar-refractivity contribution in [2.45, 2.75) is 26.7 Å². The van der Waals surface area contributed by atoms with Gasteiger partial charge in [0, 0.05) is 25.6 Å². The van der Waals surface area contributed by atoms with Gasteiger partial charge in [-0.15, -0.1) is 0 Å². The summed E-state index contributed by atoms with van der Waals surface area (Å²) < 4.78 is 0. The Kier molecular flexibility index (Phi) is 3.72. The lowest BCUT2D eigenvalue weighted by molar-refractivity contribution is -0.142. The number of aliphatic hydroxyl groups is 1. The molecule has 0 saturated heterocycles. The lowest BCUT2D eigenvalue weighted by atomic mass is 9.73. The van der Waals surface area contributed by atoms with Crippen molar-refractivity contribution in [3.8, 4) is 0 Å². The molecule has 1 aliphatic rings. The maximum atomic E-state index is 11.8. The molecule has 0 aromatic rings. The summed E-state index contributed by atoms with van der Waals surface area (Å²) in [5.74, 6) is 0.563. The Balaban J connectivity index is 2.46. The van der Waals surface area contributed by atoms with Crippen LogP contribution in [0.4, 0.5) is 0 Å². The van der Waals surface area contributed by atoms with Crippen LogP contribution < -0.4 is 0 Å². The zero-order valence-electron chi connectivity index (χ0n) is 8.49. The molecule has 0 aliphatic heterocycles. The van der Waals surface area contributed by atoms with Crippen LogP contribution in [0.5, 0.6) is 0 Å². The molecule has 0 aromatic carbocycles. The average molecular weight is 185 g/mol. The van der Waals surface area contributed by atoms with Crippen molar-refractivity contribution >= 4 is 5.91 Å². The maximum Gasteiger partial charge on any atom is 0.226 e. The second-order valence-electron chi connectivity index (χ2n) is 3.64. The predicted octanol–water partition coefficient (Wildman–Crippen LogP) is 0.873. The molecule has 1 amide bonds. The van der Waals surface area contributed by atoms with Gasteiger partial charge in [0.15, 0.2) is 0 Å². The largest absolute Gasteiger partial charge is 0.396 e. The standard InChI is InChI=1S/C10H19NO2/c1-3-11(4-2)10(13)9-6-5-8(9)7-12/h8-9,12H,3-7H2,1-2H3/t8-,9+/m1/s1. The van der Waals surface area contributed by atoms with E-state index in [0.29, 0.717) is 0 Å². The van der Waals surface area contributed by atoms with Gasteiger partial charge in [-0.25, -0.2) is 0 Å². The molecule has 2 atom stereocenters. The van der Waals surface area contributed by atoms with Gasteiger partial charge in [0.2, 0.25) is 5.91 Å². The van der Waals surface area contributed by atoms with Gasteiger partial charge >= 0.3 is 0 Å². The van der Waals surface area contributed by atoms with E-state index in [9.17, 15) is 4.79 Å². The average Bonchev–Trinajstić information content (AvgIpc) is 2.05. The molecule has 0 heterocycles. The SMILES string of the molecule is CCN(CC)C(=O)[C@H]1CC[C@@H]1CO. The molecule has 1 fully saturated rings. The molecular formula is C10H19NO2. The van der Waals surface area contributed by atoms with Crippen molar-refractivity contribution in [1.82, 2.24) is 4.90 Å². The smallest absolute Gasteiger partial charge is 0.226 e. The number of hydrogen-bond donors (Lipinski definition) is 1. The molecule has 1 rings (SSSR count). The molecule has 0 spiro atoms. The monoisotopic (exact) mass is 185 g/mol. The van der Waals surface area contributed by atoms with Gasteiger partial charge in [-0.05, 0) is 32.6 Å². The third-order valence-corrected chi connectivity index (χ3v) is 3.04. The summed E-state index contributed by atoms with van der Waals surface area (Å²) in [6.07, 6.45) is 1.97. The Morgan fingerprint density at radius 3 is 2.31 bits per heavy atom. The summed E-state index contributed by atoms with van der Waals surface area (Å²) in [6, 6.07) is 0. The van der Waals surface area contributed by atoms with E-state index in [4.69, 9.17) is 5.11 Å². The summed E-state index contributed by atoms with van der Waals surface area (Å²) >= 11 is 0. The summed E-state index contributed by atoms with van der Waals surface area (Å²) in [5, 5.41) is 8.96. The first-order valence-electron chi connectivity index (χ1n) is 5.14. The van der Waals surface area contributed by atoms with Gasteiger partial charge in [-0.2, -0.15) is 0 Å². The van der Waals surface area contributed by atoms with E-state index in [1.54, 1.807) is 0 Å². The van der Waals surface area contributed by atoms with Crippen LogP contribution in [0.3, 0.4) is 0 Å². The summed E-state index contributed by atoms with van der Waals surface area (Å²) in [4.78, 5) is 13.6. The number of hydrogen-bond acceptors (Lipinski definition) is 2. The van der Waals surface area contributed by atoms with Gasteiger partial charge in [0.25, 0.3) is 0 Å². The quantitative estimate of drug-likeness (QED) is 0.706. The fourth-order valence-corrected chi connectivity index (χ4v) is 1.88. The Morgan fingerprint density at radius 2 is 2.00 bits per heavy atom. The van der Waals surface area contributed by atoms with Gasteiger partial charge in [-0.3, -0.25) is 4.79 Å². The molecule has 0 aromatic heterocycles. The first-order valence-corrected chi connectivity index (χ1v) is 5.14. The molecule has 1 N–H and O–H groups in total. The normalized spacial score (nSPS) is 26.7. The number of nitrogens with zero attached hydrogens (tertiary/aromatic N) is 1. The van der Waals surface area contributed by atoms with E-state index >= 15 is 0 Å². The molecule has 0 radical (unpaired) electrons. The van der Waals surface area contributed by atoms with E-state index in [2.05, 4.69) is 0 Å². The number of amides is 1.